The Morgan fingerprint density at radius 3 is 2.75 bits per heavy atom. The number of anilines is 1. The quantitative estimate of drug-likeness (QED) is 0.667. The number of carbonyl (C=O) groups is 1. The zero-order valence-electron chi connectivity index (χ0n) is 11.7. The summed E-state index contributed by atoms with van der Waals surface area (Å²) in [5.41, 5.74) is 6.40. The zero-order valence-corrected chi connectivity index (χ0v) is 11.7. The van der Waals surface area contributed by atoms with Gasteiger partial charge in [0.2, 0.25) is 0 Å². The maximum atomic E-state index is 12.2. The Kier molecular flexibility index (Phi) is 4.68. The molecule has 0 spiro atoms. The molecule has 1 aromatic rings. The van der Waals surface area contributed by atoms with E-state index in [4.69, 9.17) is 24.7 Å². The number of esters is 1. The van der Waals surface area contributed by atoms with E-state index in [1.807, 2.05) is 0 Å². The van der Waals surface area contributed by atoms with Crippen LogP contribution < -0.4 is 15.2 Å². The van der Waals surface area contributed by atoms with Crippen LogP contribution in [-0.4, -0.2) is 39.5 Å². The van der Waals surface area contributed by atoms with Crippen molar-refractivity contribution in [2.45, 2.75) is 18.9 Å². The minimum absolute atomic E-state index is 0.229. The molecule has 0 radical (unpaired) electrons. The molecular weight excluding hydrogens is 262 g/mol. The van der Waals surface area contributed by atoms with Crippen LogP contribution in [-0.2, 0) is 9.47 Å². The van der Waals surface area contributed by atoms with Crippen LogP contribution in [0.3, 0.4) is 0 Å². The largest absolute Gasteiger partial charge is 0.497 e. The lowest BCUT2D eigenvalue weighted by atomic mass is 10.1. The van der Waals surface area contributed by atoms with E-state index in [0.717, 1.165) is 12.8 Å². The highest BCUT2D eigenvalue weighted by molar-refractivity contribution is 5.97. The Labute approximate surface area is 117 Å². The number of benzene rings is 1. The van der Waals surface area contributed by atoms with Crippen molar-refractivity contribution in [1.82, 2.24) is 0 Å². The molecule has 6 nitrogen and oxygen atoms in total. The van der Waals surface area contributed by atoms with E-state index < -0.39 is 5.97 Å². The number of nitrogen functional groups attached to an aromatic ring is 1. The first-order valence-corrected chi connectivity index (χ1v) is 6.46. The third kappa shape index (κ3) is 3.14. The molecule has 0 aliphatic carbocycles. The highest BCUT2D eigenvalue weighted by atomic mass is 16.6. The van der Waals surface area contributed by atoms with Crippen molar-refractivity contribution >= 4 is 11.7 Å². The molecule has 1 saturated heterocycles. The lowest BCUT2D eigenvalue weighted by Gasteiger charge is -2.22. The number of carbonyl (C=O) groups excluding carboxylic acids is 1. The Bertz CT molecular complexity index is 483. The first-order chi connectivity index (χ1) is 9.65. The summed E-state index contributed by atoms with van der Waals surface area (Å²) in [4.78, 5) is 12.2. The minimum atomic E-state index is -0.491. The third-order valence-corrected chi connectivity index (χ3v) is 3.18. The maximum Gasteiger partial charge on any atom is 0.340 e. The summed E-state index contributed by atoms with van der Waals surface area (Å²) in [6.07, 6.45) is 1.45. The van der Waals surface area contributed by atoms with Gasteiger partial charge in [0.1, 0.15) is 17.6 Å². The lowest BCUT2D eigenvalue weighted by molar-refractivity contribution is -0.0305. The summed E-state index contributed by atoms with van der Waals surface area (Å²) in [7, 11) is 2.99. The van der Waals surface area contributed by atoms with Crippen molar-refractivity contribution in [3.8, 4) is 11.5 Å². The number of rotatable bonds is 4. The summed E-state index contributed by atoms with van der Waals surface area (Å²) < 4.78 is 20.9. The first kappa shape index (κ1) is 14.5. The second-order valence-electron chi connectivity index (χ2n) is 4.54. The van der Waals surface area contributed by atoms with Crippen LogP contribution in [0.5, 0.6) is 11.5 Å². The number of hydrogen-bond donors (Lipinski definition) is 1. The van der Waals surface area contributed by atoms with Crippen molar-refractivity contribution in [2.75, 3.05) is 33.2 Å². The van der Waals surface area contributed by atoms with E-state index in [-0.39, 0.29) is 17.4 Å². The molecule has 6 heteroatoms. The Morgan fingerprint density at radius 2 is 2.15 bits per heavy atom. The Balaban J connectivity index is 2.19. The summed E-state index contributed by atoms with van der Waals surface area (Å²) in [6.45, 7) is 1.13. The second-order valence-corrected chi connectivity index (χ2v) is 4.54. The molecule has 20 heavy (non-hydrogen) atoms. The summed E-state index contributed by atoms with van der Waals surface area (Å²) >= 11 is 0. The van der Waals surface area contributed by atoms with Gasteiger partial charge in [-0.3, -0.25) is 0 Å². The maximum absolute atomic E-state index is 12.2. The fraction of sp³-hybridized carbons (Fsp3) is 0.500. The molecule has 0 amide bonds. The van der Waals surface area contributed by atoms with Crippen molar-refractivity contribution in [2.24, 2.45) is 0 Å². The van der Waals surface area contributed by atoms with Crippen LogP contribution in [0.15, 0.2) is 12.1 Å². The van der Waals surface area contributed by atoms with Crippen LogP contribution in [0, 0.1) is 0 Å². The number of nitrogens with two attached hydrogens (primary N) is 1. The van der Waals surface area contributed by atoms with Gasteiger partial charge in [-0.15, -0.1) is 0 Å². The topological polar surface area (TPSA) is 80.0 Å². The average molecular weight is 281 g/mol. The van der Waals surface area contributed by atoms with E-state index in [2.05, 4.69) is 0 Å². The van der Waals surface area contributed by atoms with E-state index in [1.54, 1.807) is 12.1 Å². The molecule has 0 saturated carbocycles. The van der Waals surface area contributed by atoms with Gasteiger partial charge in [-0.05, 0) is 18.9 Å². The highest BCUT2D eigenvalue weighted by Crippen LogP contribution is 2.31. The summed E-state index contributed by atoms with van der Waals surface area (Å²) in [5, 5.41) is 0. The molecule has 1 atom stereocenters. The molecule has 0 aromatic heterocycles. The van der Waals surface area contributed by atoms with Gasteiger partial charge >= 0.3 is 5.97 Å². The van der Waals surface area contributed by atoms with Gasteiger partial charge in [0.15, 0.2) is 0 Å². The molecular formula is C14H19NO5. The standard InChI is InChI=1S/C14H19NO5/c1-17-10-6-11(13(15)12(7-10)18-2)14(16)20-9-4-3-5-19-8-9/h6-7,9H,3-5,8,15H2,1-2H3. The molecule has 1 aromatic carbocycles. The molecule has 1 unspecified atom stereocenters. The molecule has 2 N–H and O–H groups in total. The van der Waals surface area contributed by atoms with Crippen molar-refractivity contribution < 1.29 is 23.7 Å². The number of methoxy groups -OCH3 is 2. The molecule has 110 valence electrons. The van der Waals surface area contributed by atoms with Crippen molar-refractivity contribution in [3.63, 3.8) is 0 Å². The predicted molar refractivity (Wildman–Crippen MR) is 73.2 cm³/mol. The highest BCUT2D eigenvalue weighted by Gasteiger charge is 2.22. The molecule has 1 heterocycles. The van der Waals surface area contributed by atoms with Gasteiger partial charge in [-0.1, -0.05) is 0 Å². The van der Waals surface area contributed by atoms with Crippen LogP contribution in [0.25, 0.3) is 0 Å². The number of hydrogen-bond acceptors (Lipinski definition) is 6. The van der Waals surface area contributed by atoms with E-state index in [1.165, 1.54) is 14.2 Å². The Hall–Kier alpha value is -1.95. The van der Waals surface area contributed by atoms with Crippen LogP contribution >= 0.6 is 0 Å². The normalized spacial score (nSPS) is 18.4. The fourth-order valence-electron chi connectivity index (χ4n) is 2.08. The fourth-order valence-corrected chi connectivity index (χ4v) is 2.08. The Morgan fingerprint density at radius 1 is 1.35 bits per heavy atom. The molecule has 2 rings (SSSR count). The average Bonchev–Trinajstić information content (AvgIpc) is 2.48. The molecule has 0 bridgehead atoms. The van der Waals surface area contributed by atoms with Crippen LogP contribution in [0.4, 0.5) is 5.69 Å². The van der Waals surface area contributed by atoms with Gasteiger partial charge in [-0.25, -0.2) is 4.79 Å². The summed E-state index contributed by atoms with van der Waals surface area (Å²) in [5.74, 6) is 0.384. The lowest BCUT2D eigenvalue weighted by Crippen LogP contribution is -2.28. The van der Waals surface area contributed by atoms with Crippen LogP contribution in [0.2, 0.25) is 0 Å². The van der Waals surface area contributed by atoms with Gasteiger partial charge in [0.05, 0.1) is 32.1 Å². The van der Waals surface area contributed by atoms with Gasteiger partial charge < -0.3 is 24.7 Å². The molecule has 1 fully saturated rings. The monoisotopic (exact) mass is 281 g/mol. The molecule has 1 aliphatic heterocycles. The van der Waals surface area contributed by atoms with Crippen molar-refractivity contribution in [1.29, 1.82) is 0 Å². The summed E-state index contributed by atoms with van der Waals surface area (Å²) in [6, 6.07) is 3.17. The minimum Gasteiger partial charge on any atom is -0.497 e. The smallest absolute Gasteiger partial charge is 0.340 e. The van der Waals surface area contributed by atoms with Gasteiger partial charge in [-0.2, -0.15) is 0 Å². The van der Waals surface area contributed by atoms with Gasteiger partial charge in [0, 0.05) is 12.7 Å². The predicted octanol–water partition coefficient (Wildman–Crippen LogP) is 1.62. The molecule has 1 aliphatic rings. The number of ether oxygens (including phenoxy) is 4. The van der Waals surface area contributed by atoms with Crippen molar-refractivity contribution in [3.05, 3.63) is 17.7 Å². The zero-order chi connectivity index (χ0) is 14.5. The van der Waals surface area contributed by atoms with Gasteiger partial charge in [0.25, 0.3) is 0 Å². The van der Waals surface area contributed by atoms with E-state index >= 15 is 0 Å². The first-order valence-electron chi connectivity index (χ1n) is 6.46. The van der Waals surface area contributed by atoms with E-state index in [0.29, 0.717) is 24.7 Å². The second kappa shape index (κ2) is 6.47. The van der Waals surface area contributed by atoms with E-state index in [9.17, 15) is 4.79 Å². The van der Waals surface area contributed by atoms with Crippen LogP contribution in [0.1, 0.15) is 23.2 Å². The third-order valence-electron chi connectivity index (χ3n) is 3.18. The SMILES string of the molecule is COc1cc(OC)c(N)c(C(=O)OC2CCCOC2)c1.